The van der Waals surface area contributed by atoms with Gasteiger partial charge in [0.05, 0.1) is 30.4 Å². The SMILES string of the molecule is CCCCCCCCCCCCCC[C@@H](OC(=O)c1ccccc1)[C@@H](OC(=O)c1ccccc1)[C@@H](C)CO[C@H]1OC(CN=[N+]=[N-])[C@H](OCCCC)[C@H](OCCCC)C1OCCCC. The van der Waals surface area contributed by atoms with Crippen LogP contribution < -0.4 is 0 Å². The van der Waals surface area contributed by atoms with E-state index in [2.05, 4.69) is 37.7 Å². The summed E-state index contributed by atoms with van der Waals surface area (Å²) in [6.07, 6.45) is 15.3. The van der Waals surface area contributed by atoms with Crippen LogP contribution in [-0.4, -0.2) is 87.8 Å². The summed E-state index contributed by atoms with van der Waals surface area (Å²) in [6.45, 7) is 12.0. The Labute approximate surface area is 379 Å². The number of carbonyl (C=O) groups excluding carboxylic acids is 2. The maximum Gasteiger partial charge on any atom is 0.338 e. The molecule has 63 heavy (non-hydrogen) atoms. The lowest BCUT2D eigenvalue weighted by Gasteiger charge is -2.46. The van der Waals surface area contributed by atoms with E-state index in [1.807, 2.05) is 19.1 Å². The summed E-state index contributed by atoms with van der Waals surface area (Å²) in [5, 5.41) is 3.89. The van der Waals surface area contributed by atoms with E-state index in [-0.39, 0.29) is 13.2 Å². The van der Waals surface area contributed by atoms with Crippen LogP contribution in [0.25, 0.3) is 10.4 Å². The summed E-state index contributed by atoms with van der Waals surface area (Å²) in [7, 11) is 0. The Kier molecular flexibility index (Phi) is 29.0. The van der Waals surface area contributed by atoms with Crippen LogP contribution in [0.5, 0.6) is 0 Å². The molecule has 0 bridgehead atoms. The van der Waals surface area contributed by atoms with Gasteiger partial charge in [-0.1, -0.05) is 166 Å². The van der Waals surface area contributed by atoms with Crippen molar-refractivity contribution in [3.8, 4) is 0 Å². The smallest absolute Gasteiger partial charge is 0.338 e. The number of hydrogen-bond acceptors (Lipinski definition) is 10. The van der Waals surface area contributed by atoms with E-state index in [1.165, 1.54) is 51.4 Å². The molecular weight excluding hydrogens is 799 g/mol. The van der Waals surface area contributed by atoms with Gasteiger partial charge in [0.15, 0.2) is 6.29 Å². The number of hydrogen-bond donors (Lipinski definition) is 0. The summed E-state index contributed by atoms with van der Waals surface area (Å²) >= 11 is 0. The van der Waals surface area contributed by atoms with Crippen molar-refractivity contribution in [2.75, 3.05) is 33.0 Å². The van der Waals surface area contributed by atoms with Gasteiger partial charge in [0, 0.05) is 30.7 Å². The molecule has 3 rings (SSSR count). The molecule has 8 atom stereocenters. The number of nitrogens with zero attached hydrogens (tertiary/aromatic N) is 3. The van der Waals surface area contributed by atoms with Gasteiger partial charge in [-0.25, -0.2) is 9.59 Å². The van der Waals surface area contributed by atoms with E-state index in [4.69, 9.17) is 33.2 Å². The monoisotopic (exact) mass is 880 g/mol. The molecule has 0 saturated carbocycles. The molecule has 1 aliphatic heterocycles. The van der Waals surface area contributed by atoms with Crippen molar-refractivity contribution in [2.45, 2.75) is 200 Å². The highest BCUT2D eigenvalue weighted by Crippen LogP contribution is 2.32. The maximum atomic E-state index is 13.8. The Morgan fingerprint density at radius 1 is 0.603 bits per heavy atom. The lowest BCUT2D eigenvalue weighted by Crippen LogP contribution is -2.62. The zero-order valence-corrected chi connectivity index (χ0v) is 39.4. The number of benzene rings is 2. The van der Waals surface area contributed by atoms with Gasteiger partial charge in [-0.3, -0.25) is 0 Å². The lowest BCUT2D eigenvalue weighted by atomic mass is 9.94. The summed E-state index contributed by atoms with van der Waals surface area (Å²) in [5.41, 5.74) is 10.2. The molecule has 12 heteroatoms. The average molecular weight is 880 g/mol. The second-order valence-electron chi connectivity index (χ2n) is 17.1. The molecule has 1 saturated heterocycles. The molecule has 2 unspecified atom stereocenters. The Hall–Kier alpha value is -3.51. The van der Waals surface area contributed by atoms with Crippen LogP contribution in [0, 0.1) is 5.92 Å². The van der Waals surface area contributed by atoms with Gasteiger partial charge in [0.2, 0.25) is 0 Å². The lowest BCUT2D eigenvalue weighted by molar-refractivity contribution is -0.319. The van der Waals surface area contributed by atoms with Crippen LogP contribution in [0.4, 0.5) is 0 Å². The summed E-state index contributed by atoms with van der Waals surface area (Å²) in [5.74, 6) is -1.45. The minimum absolute atomic E-state index is 0.0197. The van der Waals surface area contributed by atoms with E-state index in [0.29, 0.717) is 37.4 Å². The van der Waals surface area contributed by atoms with Crippen molar-refractivity contribution in [3.63, 3.8) is 0 Å². The first-order valence-electron chi connectivity index (χ1n) is 24.5. The molecule has 0 amide bonds. The molecule has 0 N–H and O–H groups in total. The fraction of sp³-hybridized carbons (Fsp3) is 0.725. The van der Waals surface area contributed by atoms with Gasteiger partial charge in [-0.15, -0.1) is 0 Å². The largest absolute Gasteiger partial charge is 0.455 e. The van der Waals surface area contributed by atoms with Crippen molar-refractivity contribution < 1.29 is 42.7 Å². The quantitative estimate of drug-likeness (QED) is 0.0214. The van der Waals surface area contributed by atoms with Gasteiger partial charge in [-0.05, 0) is 61.9 Å². The molecule has 1 heterocycles. The van der Waals surface area contributed by atoms with Gasteiger partial charge >= 0.3 is 11.9 Å². The minimum Gasteiger partial charge on any atom is -0.455 e. The topological polar surface area (TPSA) is 148 Å². The predicted octanol–water partition coefficient (Wildman–Crippen LogP) is 12.8. The van der Waals surface area contributed by atoms with Crippen molar-refractivity contribution in [3.05, 3.63) is 82.2 Å². The van der Waals surface area contributed by atoms with Crippen LogP contribution in [0.15, 0.2) is 65.8 Å². The molecule has 12 nitrogen and oxygen atoms in total. The second kappa shape index (κ2) is 33.9. The van der Waals surface area contributed by atoms with E-state index in [1.54, 1.807) is 48.5 Å². The number of unbranched alkanes of at least 4 members (excludes halogenated alkanes) is 14. The normalized spacial score (nSPS) is 20.0. The summed E-state index contributed by atoms with van der Waals surface area (Å²) < 4.78 is 45.5. The third kappa shape index (κ3) is 20.9. The van der Waals surface area contributed by atoms with Gasteiger partial charge in [0.25, 0.3) is 0 Å². The first-order valence-corrected chi connectivity index (χ1v) is 24.5. The van der Waals surface area contributed by atoms with E-state index in [9.17, 15) is 15.1 Å². The van der Waals surface area contributed by atoms with Crippen molar-refractivity contribution in [2.24, 2.45) is 11.0 Å². The van der Waals surface area contributed by atoms with Gasteiger partial charge in [-0.2, -0.15) is 0 Å². The number of rotatable bonds is 36. The summed E-state index contributed by atoms with van der Waals surface area (Å²) in [4.78, 5) is 30.6. The Morgan fingerprint density at radius 3 is 1.57 bits per heavy atom. The molecule has 1 aliphatic rings. The molecular formula is C51H81N3O9. The standard InChI is InChI=1S/C51H81N3O9/c1-6-10-14-15-16-17-18-19-20-21-22-29-34-43(61-49(55)41-30-25-23-26-31-41)45(63-50(56)42-32-27-24-28-33-42)40(5)39-60-51-48(59-37-13-9-4)47(58-36-12-8-3)46(57-35-11-7-2)44(62-51)38-53-54-52/h23-28,30-33,40,43-48,51H,6-22,29,34-39H2,1-5H3/t40-,43+,44?,45-,46-,47-,48?,51-/m0/s1. The molecule has 2 aromatic carbocycles. The maximum absolute atomic E-state index is 13.8. The molecule has 0 aliphatic carbocycles. The number of esters is 2. The van der Waals surface area contributed by atoms with Gasteiger partial charge < -0.3 is 33.2 Å². The zero-order chi connectivity index (χ0) is 45.3. The van der Waals surface area contributed by atoms with Crippen LogP contribution in [0.1, 0.15) is 177 Å². The highest BCUT2D eigenvalue weighted by atomic mass is 16.7. The predicted molar refractivity (Wildman–Crippen MR) is 249 cm³/mol. The van der Waals surface area contributed by atoms with Crippen LogP contribution in [0.3, 0.4) is 0 Å². The molecule has 2 aromatic rings. The third-order valence-electron chi connectivity index (χ3n) is 11.7. The fourth-order valence-electron chi connectivity index (χ4n) is 7.86. The molecule has 1 fully saturated rings. The average Bonchev–Trinajstić information content (AvgIpc) is 3.30. The van der Waals surface area contributed by atoms with Crippen LogP contribution in [0.2, 0.25) is 0 Å². The number of azide groups is 1. The Morgan fingerprint density at radius 2 is 1.06 bits per heavy atom. The van der Waals surface area contributed by atoms with Gasteiger partial charge in [0.1, 0.15) is 30.5 Å². The molecule has 354 valence electrons. The van der Waals surface area contributed by atoms with E-state index < -0.39 is 60.8 Å². The minimum atomic E-state index is -0.923. The van der Waals surface area contributed by atoms with Crippen molar-refractivity contribution in [1.29, 1.82) is 0 Å². The van der Waals surface area contributed by atoms with Crippen LogP contribution in [-0.2, 0) is 33.2 Å². The van der Waals surface area contributed by atoms with Crippen molar-refractivity contribution >= 4 is 11.9 Å². The second-order valence-corrected chi connectivity index (χ2v) is 17.1. The van der Waals surface area contributed by atoms with E-state index in [0.717, 1.165) is 64.2 Å². The Bertz CT molecular complexity index is 1510. The Balaban J connectivity index is 1.88. The van der Waals surface area contributed by atoms with E-state index >= 15 is 0 Å². The highest BCUT2D eigenvalue weighted by Gasteiger charge is 2.49. The van der Waals surface area contributed by atoms with Crippen molar-refractivity contribution in [1.82, 2.24) is 0 Å². The highest BCUT2D eigenvalue weighted by molar-refractivity contribution is 5.90. The number of ether oxygens (including phenoxy) is 7. The molecule has 0 radical (unpaired) electrons. The zero-order valence-electron chi connectivity index (χ0n) is 39.4. The fourth-order valence-corrected chi connectivity index (χ4v) is 7.86. The third-order valence-corrected chi connectivity index (χ3v) is 11.7. The molecule has 0 aromatic heterocycles. The first-order chi connectivity index (χ1) is 30.9. The summed E-state index contributed by atoms with van der Waals surface area (Å²) in [6, 6.07) is 17.8. The first kappa shape index (κ1) is 53.8. The molecule has 0 spiro atoms. The number of carbonyl (C=O) groups is 2. The van der Waals surface area contributed by atoms with Crippen LogP contribution >= 0.6 is 0 Å².